The number of aromatic nitrogens is 4. The van der Waals surface area contributed by atoms with Crippen LogP contribution >= 0.6 is 0 Å². The zero-order valence-electron chi connectivity index (χ0n) is 15.7. The SMILES string of the molecule is COCCc1noc(C2CCCCN2C(=O)c2cc(=O)n(C)c(=O)n2C)n1. The van der Waals surface area contributed by atoms with Gasteiger partial charge in [-0.3, -0.25) is 18.7 Å². The van der Waals surface area contributed by atoms with E-state index in [0.717, 1.165) is 17.4 Å². The number of amides is 1. The van der Waals surface area contributed by atoms with Gasteiger partial charge in [-0.15, -0.1) is 0 Å². The number of hydrogen-bond acceptors (Lipinski definition) is 7. The summed E-state index contributed by atoms with van der Waals surface area (Å²) in [5.74, 6) is 0.488. The molecule has 1 aliphatic heterocycles. The summed E-state index contributed by atoms with van der Waals surface area (Å²) in [7, 11) is 4.45. The zero-order valence-corrected chi connectivity index (χ0v) is 15.7. The van der Waals surface area contributed by atoms with Crippen LogP contribution in [0.1, 0.15) is 47.5 Å². The molecule has 0 bridgehead atoms. The van der Waals surface area contributed by atoms with Gasteiger partial charge in [-0.1, -0.05) is 5.16 Å². The molecule has 0 spiro atoms. The third kappa shape index (κ3) is 3.70. The fourth-order valence-corrected chi connectivity index (χ4v) is 3.21. The molecule has 1 atom stereocenters. The molecular formula is C17H23N5O5. The standard InChI is InChI=1S/C17H23N5O5/c1-20-12(10-14(23)21(2)17(20)25)16(24)22-8-5-4-6-11(22)15-18-13(19-27-15)7-9-26-3/h10-11H,4-9H2,1-3H3. The summed E-state index contributed by atoms with van der Waals surface area (Å²) >= 11 is 0. The molecule has 146 valence electrons. The van der Waals surface area contributed by atoms with Crippen molar-refractivity contribution in [3.63, 3.8) is 0 Å². The number of carbonyl (C=O) groups is 1. The molecule has 0 aromatic carbocycles. The van der Waals surface area contributed by atoms with Gasteiger partial charge in [0.25, 0.3) is 11.5 Å². The van der Waals surface area contributed by atoms with E-state index in [1.165, 1.54) is 24.7 Å². The van der Waals surface area contributed by atoms with Crippen LogP contribution in [0.25, 0.3) is 0 Å². The lowest BCUT2D eigenvalue weighted by molar-refractivity contribution is 0.0549. The number of rotatable bonds is 5. The predicted octanol–water partition coefficient (Wildman–Crippen LogP) is 0.0233. The molecule has 3 heterocycles. The number of nitrogens with zero attached hydrogens (tertiary/aromatic N) is 5. The van der Waals surface area contributed by atoms with E-state index in [-0.39, 0.29) is 11.7 Å². The van der Waals surface area contributed by atoms with Gasteiger partial charge in [0.1, 0.15) is 11.7 Å². The minimum absolute atomic E-state index is 0.0501. The van der Waals surface area contributed by atoms with Gasteiger partial charge in [0.2, 0.25) is 5.89 Å². The van der Waals surface area contributed by atoms with Crippen molar-refractivity contribution in [3.05, 3.63) is 44.3 Å². The Bertz CT molecular complexity index is 944. The first-order valence-electron chi connectivity index (χ1n) is 8.83. The van der Waals surface area contributed by atoms with Crippen molar-refractivity contribution in [1.82, 2.24) is 24.2 Å². The molecular weight excluding hydrogens is 354 g/mol. The van der Waals surface area contributed by atoms with E-state index >= 15 is 0 Å². The van der Waals surface area contributed by atoms with Crippen LogP contribution < -0.4 is 11.2 Å². The van der Waals surface area contributed by atoms with Crippen molar-refractivity contribution in [2.24, 2.45) is 14.1 Å². The number of likely N-dealkylation sites (tertiary alicyclic amines) is 1. The molecule has 1 unspecified atom stereocenters. The van der Waals surface area contributed by atoms with Gasteiger partial charge in [-0.25, -0.2) is 4.79 Å². The highest BCUT2D eigenvalue weighted by atomic mass is 16.5. The summed E-state index contributed by atoms with van der Waals surface area (Å²) < 4.78 is 12.5. The van der Waals surface area contributed by atoms with Crippen LogP contribution in [0.5, 0.6) is 0 Å². The lowest BCUT2D eigenvalue weighted by Gasteiger charge is -2.33. The minimum atomic E-state index is -0.543. The van der Waals surface area contributed by atoms with Crippen LogP contribution in [-0.2, 0) is 25.3 Å². The van der Waals surface area contributed by atoms with Crippen LogP contribution in [0.3, 0.4) is 0 Å². The van der Waals surface area contributed by atoms with E-state index in [9.17, 15) is 14.4 Å². The van der Waals surface area contributed by atoms with Gasteiger partial charge in [0.15, 0.2) is 5.82 Å². The summed E-state index contributed by atoms with van der Waals surface area (Å²) in [4.78, 5) is 43.2. The molecule has 0 aliphatic carbocycles. The Kier molecular flexibility index (Phi) is 5.54. The second-order valence-electron chi connectivity index (χ2n) is 6.57. The Labute approximate surface area is 155 Å². The summed E-state index contributed by atoms with van der Waals surface area (Å²) in [5.41, 5.74) is -1.01. The van der Waals surface area contributed by atoms with Crippen LogP contribution in [0, 0.1) is 0 Å². The highest BCUT2D eigenvalue weighted by Gasteiger charge is 2.34. The van der Waals surface area contributed by atoms with Crippen molar-refractivity contribution in [2.75, 3.05) is 20.3 Å². The molecule has 27 heavy (non-hydrogen) atoms. The zero-order chi connectivity index (χ0) is 19.6. The van der Waals surface area contributed by atoms with Crippen molar-refractivity contribution in [2.45, 2.75) is 31.7 Å². The average molecular weight is 377 g/mol. The normalized spacial score (nSPS) is 17.3. The molecule has 2 aromatic rings. The van der Waals surface area contributed by atoms with Crippen LogP contribution in [0.4, 0.5) is 0 Å². The van der Waals surface area contributed by atoms with Gasteiger partial charge >= 0.3 is 5.69 Å². The van der Waals surface area contributed by atoms with Gasteiger partial charge in [-0.05, 0) is 19.3 Å². The molecule has 10 heteroatoms. The molecule has 1 fully saturated rings. The van der Waals surface area contributed by atoms with E-state index < -0.39 is 17.2 Å². The number of methoxy groups -OCH3 is 1. The van der Waals surface area contributed by atoms with Crippen molar-refractivity contribution in [3.8, 4) is 0 Å². The molecule has 0 N–H and O–H groups in total. The lowest BCUT2D eigenvalue weighted by atomic mass is 10.0. The fraction of sp³-hybridized carbons (Fsp3) is 0.588. The quantitative estimate of drug-likeness (QED) is 0.722. The largest absolute Gasteiger partial charge is 0.384 e. The monoisotopic (exact) mass is 377 g/mol. The first kappa shape index (κ1) is 19.0. The third-order valence-electron chi connectivity index (χ3n) is 4.81. The molecule has 1 saturated heterocycles. The van der Waals surface area contributed by atoms with E-state index in [1.54, 1.807) is 12.0 Å². The van der Waals surface area contributed by atoms with Gasteiger partial charge in [0, 0.05) is 40.2 Å². The van der Waals surface area contributed by atoms with Crippen LogP contribution in [-0.4, -0.2) is 50.3 Å². The second kappa shape index (κ2) is 7.87. The predicted molar refractivity (Wildman–Crippen MR) is 94.4 cm³/mol. The lowest BCUT2D eigenvalue weighted by Crippen LogP contribution is -2.44. The Morgan fingerprint density at radius 2 is 2.07 bits per heavy atom. The van der Waals surface area contributed by atoms with Crippen molar-refractivity contribution < 1.29 is 14.1 Å². The smallest absolute Gasteiger partial charge is 0.331 e. The first-order valence-corrected chi connectivity index (χ1v) is 8.83. The average Bonchev–Trinajstić information content (AvgIpc) is 3.15. The molecule has 0 radical (unpaired) electrons. The summed E-state index contributed by atoms with van der Waals surface area (Å²) in [6.45, 7) is 0.963. The second-order valence-corrected chi connectivity index (χ2v) is 6.57. The Balaban J connectivity index is 1.92. The van der Waals surface area contributed by atoms with Crippen molar-refractivity contribution >= 4 is 5.91 Å². The van der Waals surface area contributed by atoms with E-state index in [2.05, 4.69) is 10.1 Å². The van der Waals surface area contributed by atoms with Gasteiger partial charge in [-0.2, -0.15) is 4.98 Å². The Morgan fingerprint density at radius 3 is 2.81 bits per heavy atom. The highest BCUT2D eigenvalue weighted by molar-refractivity contribution is 5.92. The Hall–Kier alpha value is -2.75. The van der Waals surface area contributed by atoms with Crippen LogP contribution in [0.2, 0.25) is 0 Å². The highest BCUT2D eigenvalue weighted by Crippen LogP contribution is 2.31. The maximum Gasteiger partial charge on any atom is 0.331 e. The third-order valence-corrected chi connectivity index (χ3v) is 4.81. The van der Waals surface area contributed by atoms with E-state index in [1.807, 2.05) is 0 Å². The number of piperidine rings is 1. The molecule has 1 amide bonds. The fourth-order valence-electron chi connectivity index (χ4n) is 3.21. The topological polar surface area (TPSA) is 112 Å². The number of ether oxygens (including phenoxy) is 1. The van der Waals surface area contributed by atoms with Gasteiger partial charge < -0.3 is 14.2 Å². The summed E-state index contributed by atoms with van der Waals surface area (Å²) in [5, 5.41) is 3.94. The molecule has 0 saturated carbocycles. The Morgan fingerprint density at radius 1 is 1.30 bits per heavy atom. The van der Waals surface area contributed by atoms with E-state index in [4.69, 9.17) is 9.26 Å². The minimum Gasteiger partial charge on any atom is -0.384 e. The van der Waals surface area contributed by atoms with E-state index in [0.29, 0.717) is 37.7 Å². The molecule has 10 nitrogen and oxygen atoms in total. The molecule has 2 aromatic heterocycles. The maximum absolute atomic E-state index is 13.1. The number of hydrogen-bond donors (Lipinski definition) is 0. The molecule has 3 rings (SSSR count). The first-order chi connectivity index (χ1) is 12.9. The summed E-state index contributed by atoms with van der Waals surface area (Å²) in [6, 6.07) is 0.807. The van der Waals surface area contributed by atoms with Gasteiger partial charge in [0.05, 0.1) is 6.61 Å². The van der Waals surface area contributed by atoms with Crippen molar-refractivity contribution in [1.29, 1.82) is 0 Å². The molecule has 1 aliphatic rings. The summed E-state index contributed by atoms with van der Waals surface area (Å²) in [6.07, 6.45) is 2.94. The van der Waals surface area contributed by atoms with Crippen LogP contribution in [0.15, 0.2) is 20.2 Å². The number of carbonyl (C=O) groups excluding carboxylic acids is 1. The maximum atomic E-state index is 13.1.